The Balaban J connectivity index is 2.06. The fourth-order valence-corrected chi connectivity index (χ4v) is 2.39. The summed E-state index contributed by atoms with van der Waals surface area (Å²) in [5, 5.41) is 6.32. The Kier molecular flexibility index (Phi) is 4.56. The van der Waals surface area contributed by atoms with E-state index in [1.165, 1.54) is 5.56 Å². The van der Waals surface area contributed by atoms with Crippen LogP contribution < -0.4 is 10.6 Å². The Hall–Kier alpha value is -1.39. The van der Waals surface area contributed by atoms with Crippen LogP contribution in [0.5, 0.6) is 0 Å². The summed E-state index contributed by atoms with van der Waals surface area (Å²) in [5.74, 6) is -0.0722. The van der Waals surface area contributed by atoms with E-state index in [1.54, 1.807) is 0 Å². The number of anilines is 1. The highest BCUT2D eigenvalue weighted by Gasteiger charge is 2.33. The van der Waals surface area contributed by atoms with Gasteiger partial charge >= 0.3 is 0 Å². The van der Waals surface area contributed by atoms with Crippen LogP contribution in [-0.4, -0.2) is 31.7 Å². The van der Waals surface area contributed by atoms with Crippen molar-refractivity contribution in [2.24, 2.45) is 5.92 Å². The standard InChI is InChI=1S/C15H22N2O2/c1-4-16-14-9-19-8-12(14)15(18)17-13-7-5-6-10(2)11(13)3/h5-7,12,14,16H,4,8-9H2,1-3H3,(H,17,18). The zero-order valence-electron chi connectivity index (χ0n) is 11.8. The van der Waals surface area contributed by atoms with Gasteiger partial charge in [0.25, 0.3) is 0 Å². The Morgan fingerprint density at radius 1 is 1.37 bits per heavy atom. The highest BCUT2D eigenvalue weighted by molar-refractivity contribution is 5.94. The molecule has 19 heavy (non-hydrogen) atoms. The quantitative estimate of drug-likeness (QED) is 0.871. The number of hydrogen-bond donors (Lipinski definition) is 2. The molecule has 1 aliphatic heterocycles. The number of amides is 1. The normalized spacial score (nSPS) is 22.5. The molecule has 4 nitrogen and oxygen atoms in total. The van der Waals surface area contributed by atoms with E-state index in [4.69, 9.17) is 4.74 Å². The third kappa shape index (κ3) is 3.14. The summed E-state index contributed by atoms with van der Waals surface area (Å²) in [6.45, 7) is 8.06. The number of rotatable bonds is 4. The molecule has 2 atom stereocenters. The first-order chi connectivity index (χ1) is 9.13. The number of benzene rings is 1. The number of ether oxygens (including phenoxy) is 1. The van der Waals surface area contributed by atoms with Crippen molar-refractivity contribution in [1.29, 1.82) is 0 Å². The zero-order valence-corrected chi connectivity index (χ0v) is 11.8. The van der Waals surface area contributed by atoms with Crippen molar-refractivity contribution in [3.8, 4) is 0 Å². The summed E-state index contributed by atoms with van der Waals surface area (Å²) in [5.41, 5.74) is 3.20. The van der Waals surface area contributed by atoms with Crippen LogP contribution in [0.1, 0.15) is 18.1 Å². The van der Waals surface area contributed by atoms with Crippen LogP contribution in [-0.2, 0) is 9.53 Å². The van der Waals surface area contributed by atoms with Crippen molar-refractivity contribution in [3.05, 3.63) is 29.3 Å². The van der Waals surface area contributed by atoms with Gasteiger partial charge in [-0.25, -0.2) is 0 Å². The molecule has 1 aliphatic rings. The lowest BCUT2D eigenvalue weighted by Gasteiger charge is -2.19. The first-order valence-corrected chi connectivity index (χ1v) is 6.81. The third-order valence-corrected chi connectivity index (χ3v) is 3.75. The highest BCUT2D eigenvalue weighted by atomic mass is 16.5. The van der Waals surface area contributed by atoms with Crippen molar-refractivity contribution in [3.63, 3.8) is 0 Å². The molecule has 0 aromatic heterocycles. The van der Waals surface area contributed by atoms with Crippen molar-refractivity contribution in [1.82, 2.24) is 5.32 Å². The SMILES string of the molecule is CCNC1COCC1C(=O)Nc1cccc(C)c1C. The molecule has 1 aromatic rings. The van der Waals surface area contributed by atoms with E-state index in [1.807, 2.05) is 39.0 Å². The maximum Gasteiger partial charge on any atom is 0.231 e. The van der Waals surface area contributed by atoms with Crippen LogP contribution in [0, 0.1) is 19.8 Å². The number of aryl methyl sites for hydroxylation is 1. The van der Waals surface area contributed by atoms with Gasteiger partial charge in [0.15, 0.2) is 0 Å². The molecule has 0 saturated carbocycles. The molecule has 1 aromatic carbocycles. The minimum atomic E-state index is -0.111. The maximum absolute atomic E-state index is 12.3. The molecule has 1 heterocycles. The molecule has 104 valence electrons. The van der Waals surface area contributed by atoms with Crippen LogP contribution in [0.2, 0.25) is 0 Å². The van der Waals surface area contributed by atoms with Crippen LogP contribution in [0.3, 0.4) is 0 Å². The molecule has 2 rings (SSSR count). The number of carbonyl (C=O) groups is 1. The van der Waals surface area contributed by atoms with E-state index in [0.29, 0.717) is 13.2 Å². The fraction of sp³-hybridized carbons (Fsp3) is 0.533. The van der Waals surface area contributed by atoms with E-state index in [9.17, 15) is 4.79 Å². The summed E-state index contributed by atoms with van der Waals surface area (Å²) >= 11 is 0. The number of likely N-dealkylation sites (N-methyl/N-ethyl adjacent to an activating group) is 1. The van der Waals surface area contributed by atoms with Crippen LogP contribution >= 0.6 is 0 Å². The highest BCUT2D eigenvalue weighted by Crippen LogP contribution is 2.21. The molecule has 1 fully saturated rings. The molecule has 0 radical (unpaired) electrons. The lowest BCUT2D eigenvalue weighted by atomic mass is 10.0. The number of hydrogen-bond acceptors (Lipinski definition) is 3. The Labute approximate surface area is 114 Å². The van der Waals surface area contributed by atoms with Gasteiger partial charge in [0.2, 0.25) is 5.91 Å². The van der Waals surface area contributed by atoms with Gasteiger partial charge in [-0.1, -0.05) is 19.1 Å². The summed E-state index contributed by atoms with van der Waals surface area (Å²) < 4.78 is 5.41. The Bertz CT molecular complexity index is 459. The average Bonchev–Trinajstić information content (AvgIpc) is 2.84. The second-order valence-corrected chi connectivity index (χ2v) is 5.04. The monoisotopic (exact) mass is 262 g/mol. The van der Waals surface area contributed by atoms with Crippen molar-refractivity contribution >= 4 is 11.6 Å². The summed E-state index contributed by atoms with van der Waals surface area (Å²) in [4.78, 5) is 12.3. The summed E-state index contributed by atoms with van der Waals surface area (Å²) in [6.07, 6.45) is 0. The second kappa shape index (κ2) is 6.17. The van der Waals surface area contributed by atoms with E-state index >= 15 is 0 Å². The van der Waals surface area contributed by atoms with E-state index in [2.05, 4.69) is 10.6 Å². The number of nitrogens with one attached hydrogen (secondary N) is 2. The molecule has 1 amide bonds. The van der Waals surface area contributed by atoms with Gasteiger partial charge < -0.3 is 15.4 Å². The minimum absolute atomic E-state index is 0.0390. The molecule has 2 unspecified atom stereocenters. The smallest absolute Gasteiger partial charge is 0.231 e. The predicted molar refractivity (Wildman–Crippen MR) is 76.3 cm³/mol. The topological polar surface area (TPSA) is 50.4 Å². The van der Waals surface area contributed by atoms with E-state index in [-0.39, 0.29) is 17.9 Å². The first kappa shape index (κ1) is 14.0. The minimum Gasteiger partial charge on any atom is -0.379 e. The number of carbonyl (C=O) groups excluding carboxylic acids is 1. The van der Waals surface area contributed by atoms with E-state index < -0.39 is 0 Å². The molecular formula is C15H22N2O2. The maximum atomic E-state index is 12.3. The van der Waals surface area contributed by atoms with Crippen LogP contribution in [0.4, 0.5) is 5.69 Å². The first-order valence-electron chi connectivity index (χ1n) is 6.81. The van der Waals surface area contributed by atoms with Crippen LogP contribution in [0.15, 0.2) is 18.2 Å². The van der Waals surface area contributed by atoms with Crippen molar-refractivity contribution < 1.29 is 9.53 Å². The Morgan fingerprint density at radius 2 is 2.16 bits per heavy atom. The van der Waals surface area contributed by atoms with Gasteiger partial charge in [0.05, 0.1) is 19.1 Å². The predicted octanol–water partition coefficient (Wildman–Crippen LogP) is 1.87. The largest absolute Gasteiger partial charge is 0.379 e. The summed E-state index contributed by atoms with van der Waals surface area (Å²) in [6, 6.07) is 6.07. The Morgan fingerprint density at radius 3 is 2.89 bits per heavy atom. The van der Waals surface area contributed by atoms with E-state index in [0.717, 1.165) is 17.8 Å². The zero-order chi connectivity index (χ0) is 13.8. The van der Waals surface area contributed by atoms with Crippen molar-refractivity contribution in [2.75, 3.05) is 25.1 Å². The van der Waals surface area contributed by atoms with Gasteiger partial charge in [0, 0.05) is 11.7 Å². The molecule has 1 saturated heterocycles. The molecule has 2 N–H and O–H groups in total. The average molecular weight is 262 g/mol. The van der Waals surface area contributed by atoms with Crippen molar-refractivity contribution in [2.45, 2.75) is 26.8 Å². The molecule has 0 spiro atoms. The molecule has 0 bridgehead atoms. The van der Waals surface area contributed by atoms with Crippen LogP contribution in [0.25, 0.3) is 0 Å². The summed E-state index contributed by atoms with van der Waals surface area (Å²) in [7, 11) is 0. The second-order valence-electron chi connectivity index (χ2n) is 5.04. The lowest BCUT2D eigenvalue weighted by Crippen LogP contribution is -2.41. The van der Waals surface area contributed by atoms with Gasteiger partial charge in [0.1, 0.15) is 0 Å². The van der Waals surface area contributed by atoms with Gasteiger partial charge in [-0.3, -0.25) is 4.79 Å². The van der Waals surface area contributed by atoms with Gasteiger partial charge in [-0.15, -0.1) is 0 Å². The third-order valence-electron chi connectivity index (χ3n) is 3.75. The van der Waals surface area contributed by atoms with Gasteiger partial charge in [-0.2, -0.15) is 0 Å². The molecule has 0 aliphatic carbocycles. The van der Waals surface area contributed by atoms with Gasteiger partial charge in [-0.05, 0) is 37.6 Å². The molecule has 4 heteroatoms. The fourth-order valence-electron chi connectivity index (χ4n) is 2.39. The molecular weight excluding hydrogens is 240 g/mol. The lowest BCUT2D eigenvalue weighted by molar-refractivity contribution is -0.120.